The molecule has 1 aromatic heterocycles. The van der Waals surface area contributed by atoms with Crippen LogP contribution in [0.25, 0.3) is 16.9 Å². The summed E-state index contributed by atoms with van der Waals surface area (Å²) >= 11 is 0. The number of likely N-dealkylation sites (N-methyl/N-ethyl adjacent to an activating group) is 1. The summed E-state index contributed by atoms with van der Waals surface area (Å²) in [5, 5.41) is 14.5. The van der Waals surface area contributed by atoms with Crippen LogP contribution in [0.1, 0.15) is 17.5 Å². The second-order valence-corrected chi connectivity index (χ2v) is 9.25. The lowest BCUT2D eigenvalue weighted by molar-refractivity contribution is -0.137. The van der Waals surface area contributed by atoms with Gasteiger partial charge < -0.3 is 24.4 Å². The lowest BCUT2D eigenvalue weighted by atomic mass is 10.0. The van der Waals surface area contributed by atoms with Gasteiger partial charge in [0.1, 0.15) is 17.2 Å². The minimum atomic E-state index is -4.72. The molecule has 1 saturated heterocycles. The first-order valence-electron chi connectivity index (χ1n) is 11.9. The predicted octanol–water partition coefficient (Wildman–Crippen LogP) is 3.50. The van der Waals surface area contributed by atoms with Gasteiger partial charge in [-0.3, -0.25) is 4.79 Å². The fourth-order valence-electron chi connectivity index (χ4n) is 5.02. The number of β-amino-alcohol motifs (C(OH)–C–C–N with tert-alkyl or cyclic N) is 1. The van der Waals surface area contributed by atoms with Crippen LogP contribution in [0.5, 0.6) is 11.5 Å². The summed E-state index contributed by atoms with van der Waals surface area (Å²) in [7, 11) is 4.74. The van der Waals surface area contributed by atoms with E-state index in [4.69, 9.17) is 9.47 Å². The van der Waals surface area contributed by atoms with Crippen LogP contribution in [0.2, 0.25) is 0 Å². The maximum atomic E-state index is 14.2. The number of benzene rings is 2. The molecule has 0 unspecified atom stereocenters. The Balaban J connectivity index is 1.78. The predicted molar refractivity (Wildman–Crippen MR) is 133 cm³/mol. The van der Waals surface area contributed by atoms with Crippen molar-refractivity contribution in [3.8, 4) is 28.4 Å². The molecule has 1 atom stereocenters. The van der Waals surface area contributed by atoms with Gasteiger partial charge in [-0.2, -0.15) is 23.0 Å². The molecule has 196 valence electrons. The van der Waals surface area contributed by atoms with Crippen molar-refractivity contribution >= 4 is 11.4 Å². The van der Waals surface area contributed by atoms with Gasteiger partial charge in [-0.15, -0.1) is 0 Å². The van der Waals surface area contributed by atoms with Crippen LogP contribution >= 0.6 is 0 Å². The Bertz CT molecular complexity index is 1380. The molecule has 0 bridgehead atoms. The molecule has 0 spiro atoms. The van der Waals surface area contributed by atoms with E-state index in [0.717, 1.165) is 10.7 Å². The number of aromatic nitrogens is 2. The van der Waals surface area contributed by atoms with E-state index in [0.29, 0.717) is 72.2 Å². The largest absolute Gasteiger partial charge is 0.497 e. The molecule has 5 rings (SSSR count). The molecule has 8 nitrogen and oxygen atoms in total. The zero-order valence-corrected chi connectivity index (χ0v) is 20.7. The number of methoxy groups -OCH3 is 2. The van der Waals surface area contributed by atoms with Crippen molar-refractivity contribution in [2.24, 2.45) is 0 Å². The van der Waals surface area contributed by atoms with Gasteiger partial charge in [-0.05, 0) is 43.2 Å². The number of aliphatic hydroxyl groups excluding tert-OH is 1. The van der Waals surface area contributed by atoms with Gasteiger partial charge in [0.2, 0.25) is 0 Å². The van der Waals surface area contributed by atoms with Crippen LogP contribution in [0.15, 0.2) is 41.2 Å². The van der Waals surface area contributed by atoms with Crippen molar-refractivity contribution in [2.45, 2.75) is 25.1 Å². The number of anilines is 2. The van der Waals surface area contributed by atoms with Crippen LogP contribution in [0.4, 0.5) is 24.5 Å². The van der Waals surface area contributed by atoms with Crippen molar-refractivity contribution < 1.29 is 27.8 Å². The minimum absolute atomic E-state index is 0.301. The standard InChI is InChI=1S/C26H27F3N4O4/c1-31-8-7-20-23(15-10-18(36-2)13-19(11-15)37-3)30-33(25(35)24(20)31)22-12-16(32-9-6-17(34)14-32)4-5-21(22)26(27,28)29/h4-5,10-13,17,34H,6-9,14H2,1-3H3/t17-/m0/s1. The summed E-state index contributed by atoms with van der Waals surface area (Å²) in [5.41, 5.74) is 0.420. The smallest absolute Gasteiger partial charge is 0.418 e. The zero-order chi connectivity index (χ0) is 26.5. The number of halogens is 3. The molecule has 1 N–H and O–H groups in total. The summed E-state index contributed by atoms with van der Waals surface area (Å²) in [6.07, 6.45) is -4.25. The second-order valence-electron chi connectivity index (χ2n) is 9.25. The molecule has 1 fully saturated rings. The van der Waals surface area contributed by atoms with E-state index in [-0.39, 0.29) is 5.69 Å². The van der Waals surface area contributed by atoms with E-state index in [2.05, 4.69) is 5.10 Å². The summed E-state index contributed by atoms with van der Waals surface area (Å²) in [4.78, 5) is 17.2. The second kappa shape index (κ2) is 9.29. The molecule has 3 heterocycles. The van der Waals surface area contributed by atoms with Crippen LogP contribution in [-0.2, 0) is 12.6 Å². The molecular formula is C26H27F3N4O4. The number of fused-ring (bicyclic) bond motifs is 1. The highest BCUT2D eigenvalue weighted by Crippen LogP contribution is 2.39. The molecule has 2 aliphatic heterocycles. The molecule has 37 heavy (non-hydrogen) atoms. The van der Waals surface area contributed by atoms with Crippen LogP contribution < -0.4 is 24.8 Å². The molecule has 0 saturated carbocycles. The highest BCUT2D eigenvalue weighted by molar-refractivity contribution is 5.75. The molecular weight excluding hydrogens is 489 g/mol. The van der Waals surface area contributed by atoms with E-state index in [9.17, 15) is 23.1 Å². The third-order valence-corrected chi connectivity index (χ3v) is 6.91. The average Bonchev–Trinajstić information content (AvgIpc) is 3.49. The minimum Gasteiger partial charge on any atom is -0.497 e. The Morgan fingerprint density at radius 1 is 1.05 bits per heavy atom. The van der Waals surface area contributed by atoms with Crippen molar-refractivity contribution in [3.05, 3.63) is 57.9 Å². The lowest BCUT2D eigenvalue weighted by Gasteiger charge is -2.22. The first-order chi connectivity index (χ1) is 17.6. The van der Waals surface area contributed by atoms with E-state index in [1.807, 2.05) is 0 Å². The fraction of sp³-hybridized carbons (Fsp3) is 0.385. The van der Waals surface area contributed by atoms with Gasteiger partial charge in [0.05, 0.1) is 37.3 Å². The summed E-state index contributed by atoms with van der Waals surface area (Å²) < 4.78 is 54.1. The number of hydrogen-bond donors (Lipinski definition) is 1. The number of hydrogen-bond acceptors (Lipinski definition) is 7. The van der Waals surface area contributed by atoms with Gasteiger partial charge in [0.25, 0.3) is 5.56 Å². The molecule has 0 amide bonds. The fourth-order valence-corrected chi connectivity index (χ4v) is 5.02. The average molecular weight is 517 g/mol. The highest BCUT2D eigenvalue weighted by Gasteiger charge is 2.37. The van der Waals surface area contributed by atoms with Crippen molar-refractivity contribution in [2.75, 3.05) is 50.7 Å². The number of alkyl halides is 3. The summed E-state index contributed by atoms with van der Waals surface area (Å²) in [6.45, 7) is 1.33. The topological polar surface area (TPSA) is 80.1 Å². The molecule has 2 aliphatic rings. The Hall–Kier alpha value is -3.73. The number of ether oxygens (including phenoxy) is 2. The van der Waals surface area contributed by atoms with Crippen LogP contribution in [0, 0.1) is 0 Å². The van der Waals surface area contributed by atoms with Crippen molar-refractivity contribution in [1.82, 2.24) is 9.78 Å². The SMILES string of the molecule is COc1cc(OC)cc(-c2nn(-c3cc(N4CC[C@H](O)C4)ccc3C(F)(F)F)c(=O)c3c2CCN3C)c1. The zero-order valence-electron chi connectivity index (χ0n) is 20.7. The normalized spacial score (nSPS) is 17.3. The number of nitrogens with zero attached hydrogens (tertiary/aromatic N) is 4. The van der Waals surface area contributed by atoms with Gasteiger partial charge in [0.15, 0.2) is 0 Å². The number of rotatable bonds is 5. The maximum Gasteiger partial charge on any atom is 0.418 e. The molecule has 2 aromatic carbocycles. The summed E-state index contributed by atoms with van der Waals surface area (Å²) in [5.74, 6) is 0.971. The number of aliphatic hydroxyl groups is 1. The Labute approximate surface area is 211 Å². The van der Waals surface area contributed by atoms with E-state index < -0.39 is 23.4 Å². The monoisotopic (exact) mass is 516 g/mol. The van der Waals surface area contributed by atoms with Gasteiger partial charge in [0, 0.05) is 49.6 Å². The van der Waals surface area contributed by atoms with Gasteiger partial charge in [-0.25, -0.2) is 0 Å². The molecule has 0 aliphatic carbocycles. The van der Waals surface area contributed by atoms with Crippen LogP contribution in [0.3, 0.4) is 0 Å². The Morgan fingerprint density at radius 2 is 1.76 bits per heavy atom. The van der Waals surface area contributed by atoms with Crippen LogP contribution in [-0.4, -0.2) is 61.9 Å². The molecule has 0 radical (unpaired) electrons. The third kappa shape index (κ3) is 4.48. The first kappa shape index (κ1) is 24.9. The van der Waals surface area contributed by atoms with E-state index >= 15 is 0 Å². The van der Waals surface area contributed by atoms with Gasteiger partial charge >= 0.3 is 6.18 Å². The van der Waals surface area contributed by atoms with Gasteiger partial charge in [-0.1, -0.05) is 0 Å². The quantitative estimate of drug-likeness (QED) is 0.556. The summed E-state index contributed by atoms with van der Waals surface area (Å²) in [6, 6.07) is 8.77. The lowest BCUT2D eigenvalue weighted by Crippen LogP contribution is -2.30. The van der Waals surface area contributed by atoms with E-state index in [1.165, 1.54) is 26.4 Å². The third-order valence-electron chi connectivity index (χ3n) is 6.91. The molecule has 11 heteroatoms. The van der Waals surface area contributed by atoms with Crippen molar-refractivity contribution in [1.29, 1.82) is 0 Å². The van der Waals surface area contributed by atoms with E-state index in [1.54, 1.807) is 35.0 Å². The maximum absolute atomic E-state index is 14.2. The first-order valence-corrected chi connectivity index (χ1v) is 11.9. The van der Waals surface area contributed by atoms with Crippen molar-refractivity contribution in [3.63, 3.8) is 0 Å². The molecule has 3 aromatic rings. The Kier molecular flexibility index (Phi) is 6.26. The highest BCUT2D eigenvalue weighted by atomic mass is 19.4. The Morgan fingerprint density at radius 3 is 2.35 bits per heavy atom.